The van der Waals surface area contributed by atoms with Crippen LogP contribution in [0.1, 0.15) is 19.8 Å². The second kappa shape index (κ2) is 4.13. The number of aromatic nitrogens is 2. The first-order valence-electron chi connectivity index (χ1n) is 4.96. The number of ether oxygens (including phenoxy) is 1. The van der Waals surface area contributed by atoms with Crippen LogP contribution < -0.4 is 4.74 Å². The van der Waals surface area contributed by atoms with E-state index in [0.717, 1.165) is 36.4 Å². The zero-order valence-corrected chi connectivity index (χ0v) is 8.29. The van der Waals surface area contributed by atoms with E-state index in [9.17, 15) is 0 Å². The van der Waals surface area contributed by atoms with Crippen molar-refractivity contribution in [3.8, 4) is 5.88 Å². The van der Waals surface area contributed by atoms with Crippen LogP contribution in [0.3, 0.4) is 0 Å². The predicted octanol–water partition coefficient (Wildman–Crippen LogP) is 2.74. The Labute approximate surface area is 83.1 Å². The summed E-state index contributed by atoms with van der Waals surface area (Å²) in [5.74, 6) is 0.812. The molecule has 3 heteroatoms. The molecule has 0 amide bonds. The van der Waals surface area contributed by atoms with Gasteiger partial charge in [0.05, 0.1) is 6.61 Å². The summed E-state index contributed by atoms with van der Waals surface area (Å²) in [6, 6.07) is 5.93. The Morgan fingerprint density at radius 2 is 2.43 bits per heavy atom. The van der Waals surface area contributed by atoms with Gasteiger partial charge < -0.3 is 9.72 Å². The minimum Gasteiger partial charge on any atom is -0.479 e. The SMILES string of the molecule is CCCCOc1cc2cccnc2[nH]1. The van der Waals surface area contributed by atoms with Crippen molar-refractivity contribution >= 4 is 11.0 Å². The number of hydrogen-bond acceptors (Lipinski definition) is 2. The van der Waals surface area contributed by atoms with Crippen molar-refractivity contribution in [1.82, 2.24) is 9.97 Å². The van der Waals surface area contributed by atoms with Gasteiger partial charge in [0, 0.05) is 17.6 Å². The number of hydrogen-bond donors (Lipinski definition) is 1. The lowest BCUT2D eigenvalue weighted by Gasteiger charge is -2.00. The number of pyridine rings is 1. The summed E-state index contributed by atoms with van der Waals surface area (Å²) >= 11 is 0. The average Bonchev–Trinajstić information content (AvgIpc) is 2.60. The number of rotatable bonds is 4. The fourth-order valence-electron chi connectivity index (χ4n) is 1.34. The van der Waals surface area contributed by atoms with E-state index < -0.39 is 0 Å². The summed E-state index contributed by atoms with van der Waals surface area (Å²) in [6.07, 6.45) is 4.01. The van der Waals surface area contributed by atoms with Crippen molar-refractivity contribution in [2.75, 3.05) is 6.61 Å². The molecule has 2 aromatic rings. The second-order valence-corrected chi connectivity index (χ2v) is 3.28. The number of aromatic amines is 1. The van der Waals surface area contributed by atoms with Crippen molar-refractivity contribution in [3.63, 3.8) is 0 Å². The normalized spacial score (nSPS) is 10.6. The molecule has 0 aliphatic rings. The molecule has 0 aliphatic carbocycles. The molecule has 0 aliphatic heterocycles. The maximum absolute atomic E-state index is 5.54. The minimum absolute atomic E-state index is 0.767. The van der Waals surface area contributed by atoms with E-state index in [1.807, 2.05) is 18.2 Å². The van der Waals surface area contributed by atoms with Crippen LogP contribution in [0.4, 0.5) is 0 Å². The third-order valence-electron chi connectivity index (χ3n) is 2.12. The lowest BCUT2D eigenvalue weighted by atomic mass is 10.3. The monoisotopic (exact) mass is 190 g/mol. The van der Waals surface area contributed by atoms with E-state index in [-0.39, 0.29) is 0 Å². The maximum atomic E-state index is 5.54. The Balaban J connectivity index is 2.11. The van der Waals surface area contributed by atoms with Crippen LogP contribution >= 0.6 is 0 Å². The van der Waals surface area contributed by atoms with Crippen LogP contribution in [0.5, 0.6) is 5.88 Å². The Kier molecular flexibility index (Phi) is 2.68. The number of nitrogens with one attached hydrogen (secondary N) is 1. The molecule has 0 atom stereocenters. The Morgan fingerprint density at radius 1 is 1.50 bits per heavy atom. The molecule has 0 saturated carbocycles. The fourth-order valence-corrected chi connectivity index (χ4v) is 1.34. The van der Waals surface area contributed by atoms with Gasteiger partial charge in [-0.15, -0.1) is 0 Å². The number of nitrogens with zero attached hydrogens (tertiary/aromatic N) is 1. The van der Waals surface area contributed by atoms with Crippen LogP contribution in [-0.2, 0) is 0 Å². The largest absolute Gasteiger partial charge is 0.479 e. The molecule has 0 radical (unpaired) electrons. The van der Waals surface area contributed by atoms with Gasteiger partial charge in [0.1, 0.15) is 5.65 Å². The van der Waals surface area contributed by atoms with Gasteiger partial charge in [0.2, 0.25) is 0 Å². The zero-order valence-electron chi connectivity index (χ0n) is 8.29. The quantitative estimate of drug-likeness (QED) is 0.753. The molecule has 0 aromatic carbocycles. The second-order valence-electron chi connectivity index (χ2n) is 3.28. The summed E-state index contributed by atoms with van der Waals surface area (Å²) in [5.41, 5.74) is 0.888. The molecule has 3 nitrogen and oxygen atoms in total. The standard InChI is InChI=1S/C11H14N2O/c1-2-3-7-14-10-8-9-5-4-6-12-11(9)13-10/h4-6,8H,2-3,7H2,1H3,(H,12,13). The molecule has 74 valence electrons. The van der Waals surface area contributed by atoms with Crippen LogP contribution in [0.15, 0.2) is 24.4 Å². The van der Waals surface area contributed by atoms with E-state index in [4.69, 9.17) is 4.74 Å². The Bertz CT molecular complexity index is 375. The summed E-state index contributed by atoms with van der Waals surface area (Å²) in [7, 11) is 0. The highest BCUT2D eigenvalue weighted by atomic mass is 16.5. The first-order valence-corrected chi connectivity index (χ1v) is 4.96. The number of H-pyrrole nitrogens is 1. The molecule has 2 rings (SSSR count). The molecule has 0 bridgehead atoms. The summed E-state index contributed by atoms with van der Waals surface area (Å²) in [4.78, 5) is 7.32. The minimum atomic E-state index is 0.767. The van der Waals surface area contributed by atoms with Crippen molar-refractivity contribution in [2.45, 2.75) is 19.8 Å². The van der Waals surface area contributed by atoms with E-state index in [2.05, 4.69) is 16.9 Å². The molecule has 0 saturated heterocycles. The van der Waals surface area contributed by atoms with Gasteiger partial charge in [-0.05, 0) is 18.6 Å². The van der Waals surface area contributed by atoms with Gasteiger partial charge in [0.15, 0.2) is 5.88 Å². The van der Waals surface area contributed by atoms with Gasteiger partial charge in [-0.1, -0.05) is 13.3 Å². The molecule has 1 N–H and O–H groups in total. The van der Waals surface area contributed by atoms with Crippen LogP contribution in [0.25, 0.3) is 11.0 Å². The van der Waals surface area contributed by atoms with Crippen molar-refractivity contribution in [1.29, 1.82) is 0 Å². The topological polar surface area (TPSA) is 37.9 Å². The lowest BCUT2D eigenvalue weighted by Crippen LogP contribution is -1.95. The molecule has 0 unspecified atom stereocenters. The molecular weight excluding hydrogens is 176 g/mol. The van der Waals surface area contributed by atoms with Crippen LogP contribution in [0, 0.1) is 0 Å². The summed E-state index contributed by atoms with van der Waals surface area (Å²) < 4.78 is 5.54. The number of fused-ring (bicyclic) bond motifs is 1. The van der Waals surface area contributed by atoms with Gasteiger partial charge in [-0.2, -0.15) is 0 Å². The van der Waals surface area contributed by atoms with E-state index >= 15 is 0 Å². The molecular formula is C11H14N2O. The summed E-state index contributed by atoms with van der Waals surface area (Å²) in [5, 5.41) is 1.10. The summed E-state index contributed by atoms with van der Waals surface area (Å²) in [6.45, 7) is 2.92. The van der Waals surface area contributed by atoms with Crippen molar-refractivity contribution in [3.05, 3.63) is 24.4 Å². The van der Waals surface area contributed by atoms with Gasteiger partial charge in [-0.25, -0.2) is 4.98 Å². The third-order valence-corrected chi connectivity index (χ3v) is 2.12. The van der Waals surface area contributed by atoms with Crippen LogP contribution in [0.2, 0.25) is 0 Å². The highest BCUT2D eigenvalue weighted by Gasteiger charge is 2.00. The first-order chi connectivity index (χ1) is 6.90. The van der Waals surface area contributed by atoms with E-state index in [1.54, 1.807) is 6.20 Å². The maximum Gasteiger partial charge on any atom is 0.193 e. The highest BCUT2D eigenvalue weighted by molar-refractivity contribution is 5.77. The molecule has 0 fully saturated rings. The smallest absolute Gasteiger partial charge is 0.193 e. The molecule has 14 heavy (non-hydrogen) atoms. The molecule has 2 aromatic heterocycles. The van der Waals surface area contributed by atoms with Gasteiger partial charge >= 0.3 is 0 Å². The zero-order chi connectivity index (χ0) is 9.80. The average molecular weight is 190 g/mol. The van der Waals surface area contributed by atoms with Crippen LogP contribution in [-0.4, -0.2) is 16.6 Å². The third kappa shape index (κ3) is 1.87. The van der Waals surface area contributed by atoms with Gasteiger partial charge in [-0.3, -0.25) is 0 Å². The lowest BCUT2D eigenvalue weighted by molar-refractivity contribution is 0.300. The van der Waals surface area contributed by atoms with E-state index in [0.29, 0.717) is 0 Å². The van der Waals surface area contributed by atoms with Crippen molar-refractivity contribution in [2.24, 2.45) is 0 Å². The highest BCUT2D eigenvalue weighted by Crippen LogP contribution is 2.17. The predicted molar refractivity (Wildman–Crippen MR) is 56.5 cm³/mol. The van der Waals surface area contributed by atoms with E-state index in [1.165, 1.54) is 0 Å². The van der Waals surface area contributed by atoms with Gasteiger partial charge in [0.25, 0.3) is 0 Å². The molecule has 2 heterocycles. The number of unbranched alkanes of at least 4 members (excludes halogenated alkanes) is 1. The first kappa shape index (κ1) is 9.06. The fraction of sp³-hybridized carbons (Fsp3) is 0.364. The Morgan fingerprint density at radius 3 is 3.21 bits per heavy atom. The Hall–Kier alpha value is -1.51. The molecule has 0 spiro atoms. The van der Waals surface area contributed by atoms with Crippen molar-refractivity contribution < 1.29 is 4.74 Å².